The fourth-order valence-corrected chi connectivity index (χ4v) is 2.51. The maximum absolute atomic E-state index is 5.64. The number of nitrogens with zero attached hydrogens (tertiary/aromatic N) is 1. The molecule has 13 heavy (non-hydrogen) atoms. The molecule has 0 atom stereocenters. The van der Waals surface area contributed by atoms with Gasteiger partial charge in [0.25, 0.3) is 0 Å². The lowest BCUT2D eigenvalue weighted by molar-refractivity contribution is 0.689. The summed E-state index contributed by atoms with van der Waals surface area (Å²) in [5, 5.41) is 0. The van der Waals surface area contributed by atoms with Gasteiger partial charge in [0.2, 0.25) is 0 Å². The minimum atomic E-state index is 0.560. The summed E-state index contributed by atoms with van der Waals surface area (Å²) in [5.74, 6) is 0.640. The average molecular weight is 244 g/mol. The third-order valence-corrected chi connectivity index (χ3v) is 3.10. The molecule has 1 aromatic rings. The number of H-pyrrole nitrogens is 1. The van der Waals surface area contributed by atoms with Crippen LogP contribution in [0.5, 0.6) is 0 Å². The molecule has 3 nitrogen and oxygen atoms in total. The third kappa shape index (κ3) is 1.79. The quantitative estimate of drug-likeness (QED) is 0.838. The van der Waals surface area contributed by atoms with Crippen LogP contribution in [0, 0.1) is 0 Å². The van der Waals surface area contributed by atoms with Crippen LogP contribution >= 0.6 is 15.9 Å². The number of halogens is 1. The summed E-state index contributed by atoms with van der Waals surface area (Å²) in [5.41, 5.74) is 7.92. The molecular formula is C9H14BrN3. The first-order valence-corrected chi connectivity index (χ1v) is 5.55. The first-order chi connectivity index (χ1) is 6.31. The van der Waals surface area contributed by atoms with Crippen LogP contribution in [-0.2, 0) is 6.54 Å². The van der Waals surface area contributed by atoms with Crippen molar-refractivity contribution in [1.82, 2.24) is 9.97 Å². The second kappa shape index (κ2) is 3.80. The van der Waals surface area contributed by atoms with E-state index >= 15 is 0 Å². The first-order valence-electron chi connectivity index (χ1n) is 4.75. The fraction of sp³-hybridized carbons (Fsp3) is 0.667. The number of nitrogens with two attached hydrogens (primary N) is 1. The van der Waals surface area contributed by atoms with Gasteiger partial charge in [-0.15, -0.1) is 0 Å². The zero-order valence-electron chi connectivity index (χ0n) is 7.52. The zero-order chi connectivity index (χ0) is 9.26. The Hall–Kier alpha value is -0.350. The topological polar surface area (TPSA) is 54.7 Å². The maximum Gasteiger partial charge on any atom is 0.174 e. The van der Waals surface area contributed by atoms with Gasteiger partial charge in [-0.1, -0.05) is 12.8 Å². The first kappa shape index (κ1) is 9.21. The van der Waals surface area contributed by atoms with Crippen LogP contribution in [0.3, 0.4) is 0 Å². The Kier molecular flexibility index (Phi) is 2.69. The molecule has 72 valence electrons. The second-order valence-electron chi connectivity index (χ2n) is 3.58. The number of nitrogens with one attached hydrogen (secondary N) is 1. The summed E-state index contributed by atoms with van der Waals surface area (Å²) in [7, 11) is 0. The molecule has 1 heterocycles. The van der Waals surface area contributed by atoms with Gasteiger partial charge in [0.1, 0.15) is 0 Å². The van der Waals surface area contributed by atoms with Gasteiger partial charge in [-0.3, -0.25) is 0 Å². The molecule has 0 spiro atoms. The van der Waals surface area contributed by atoms with E-state index in [4.69, 9.17) is 5.73 Å². The molecule has 1 fully saturated rings. The van der Waals surface area contributed by atoms with Crippen molar-refractivity contribution >= 4 is 15.9 Å². The van der Waals surface area contributed by atoms with Crippen molar-refractivity contribution in [3.05, 3.63) is 16.1 Å². The van der Waals surface area contributed by atoms with Crippen LogP contribution in [0.4, 0.5) is 0 Å². The fourth-order valence-electron chi connectivity index (χ4n) is 2.08. The molecule has 3 N–H and O–H groups in total. The molecule has 1 aliphatic rings. The van der Waals surface area contributed by atoms with Crippen molar-refractivity contribution in [2.75, 3.05) is 0 Å². The Morgan fingerprint density at radius 2 is 2.15 bits per heavy atom. The summed E-state index contributed by atoms with van der Waals surface area (Å²) in [6.45, 7) is 0.560. The van der Waals surface area contributed by atoms with Crippen LogP contribution < -0.4 is 5.73 Å². The van der Waals surface area contributed by atoms with Crippen LogP contribution in [0.1, 0.15) is 43.0 Å². The number of imidazole rings is 1. The highest BCUT2D eigenvalue weighted by Gasteiger charge is 2.22. The molecule has 0 aromatic carbocycles. The molecule has 0 amide bonds. The molecule has 2 rings (SSSR count). The summed E-state index contributed by atoms with van der Waals surface area (Å²) in [6.07, 6.45) is 5.20. The maximum atomic E-state index is 5.64. The molecule has 4 heteroatoms. The van der Waals surface area contributed by atoms with Crippen molar-refractivity contribution in [2.45, 2.75) is 38.1 Å². The van der Waals surface area contributed by atoms with E-state index in [9.17, 15) is 0 Å². The molecular weight excluding hydrogens is 230 g/mol. The van der Waals surface area contributed by atoms with Gasteiger partial charge in [0.05, 0.1) is 11.4 Å². The van der Waals surface area contributed by atoms with Crippen LogP contribution in [0.15, 0.2) is 4.73 Å². The van der Waals surface area contributed by atoms with E-state index in [1.54, 1.807) is 0 Å². The highest BCUT2D eigenvalue weighted by Crippen LogP contribution is 2.35. The predicted octanol–water partition coefficient (Wildman–Crippen LogP) is 2.29. The minimum absolute atomic E-state index is 0.560. The monoisotopic (exact) mass is 243 g/mol. The van der Waals surface area contributed by atoms with Crippen LogP contribution in [0.2, 0.25) is 0 Å². The van der Waals surface area contributed by atoms with E-state index in [2.05, 4.69) is 25.9 Å². The molecule has 0 unspecified atom stereocenters. The van der Waals surface area contributed by atoms with Gasteiger partial charge in [-0.05, 0) is 28.8 Å². The molecule has 0 saturated heterocycles. The second-order valence-corrected chi connectivity index (χ2v) is 4.33. The zero-order valence-corrected chi connectivity index (χ0v) is 9.10. The minimum Gasteiger partial charge on any atom is -0.335 e. The van der Waals surface area contributed by atoms with E-state index in [-0.39, 0.29) is 0 Å². The number of rotatable bonds is 2. The SMILES string of the molecule is NCc1[nH]c(Br)nc1C1CCCC1. The Bertz CT molecular complexity index is 289. The Labute approximate surface area is 86.3 Å². The normalized spacial score (nSPS) is 18.3. The van der Waals surface area contributed by atoms with E-state index in [0.29, 0.717) is 12.5 Å². The van der Waals surface area contributed by atoms with E-state index in [1.165, 1.54) is 31.4 Å². The number of hydrogen-bond acceptors (Lipinski definition) is 2. The Balaban J connectivity index is 2.26. The van der Waals surface area contributed by atoms with E-state index in [1.807, 2.05) is 0 Å². The van der Waals surface area contributed by atoms with Crippen molar-refractivity contribution in [1.29, 1.82) is 0 Å². The van der Waals surface area contributed by atoms with Crippen molar-refractivity contribution in [3.63, 3.8) is 0 Å². The van der Waals surface area contributed by atoms with Gasteiger partial charge >= 0.3 is 0 Å². The summed E-state index contributed by atoms with van der Waals surface area (Å²) < 4.78 is 0.815. The van der Waals surface area contributed by atoms with Crippen molar-refractivity contribution in [3.8, 4) is 0 Å². The van der Waals surface area contributed by atoms with Gasteiger partial charge < -0.3 is 10.7 Å². The average Bonchev–Trinajstić information content (AvgIpc) is 2.71. The summed E-state index contributed by atoms with van der Waals surface area (Å²) >= 11 is 3.35. The molecule has 0 aliphatic heterocycles. The summed E-state index contributed by atoms with van der Waals surface area (Å²) in [6, 6.07) is 0. The molecule has 0 radical (unpaired) electrons. The smallest absolute Gasteiger partial charge is 0.174 e. The lowest BCUT2D eigenvalue weighted by Gasteiger charge is -2.06. The summed E-state index contributed by atoms with van der Waals surface area (Å²) in [4.78, 5) is 7.60. The highest BCUT2D eigenvalue weighted by atomic mass is 79.9. The molecule has 1 saturated carbocycles. The van der Waals surface area contributed by atoms with Crippen LogP contribution in [-0.4, -0.2) is 9.97 Å². The van der Waals surface area contributed by atoms with Gasteiger partial charge in [0, 0.05) is 12.5 Å². The largest absolute Gasteiger partial charge is 0.335 e. The highest BCUT2D eigenvalue weighted by molar-refractivity contribution is 9.10. The Morgan fingerprint density at radius 3 is 2.77 bits per heavy atom. The Morgan fingerprint density at radius 1 is 1.46 bits per heavy atom. The number of aromatic amines is 1. The molecule has 1 aliphatic carbocycles. The predicted molar refractivity (Wildman–Crippen MR) is 55.4 cm³/mol. The van der Waals surface area contributed by atoms with Gasteiger partial charge in [-0.2, -0.15) is 0 Å². The van der Waals surface area contributed by atoms with E-state index in [0.717, 1.165) is 10.4 Å². The number of aromatic nitrogens is 2. The van der Waals surface area contributed by atoms with Crippen molar-refractivity contribution in [2.24, 2.45) is 5.73 Å². The standard InChI is InChI=1S/C9H14BrN3/c10-9-12-7(5-11)8(13-9)6-3-1-2-4-6/h6H,1-5,11H2,(H,12,13). The lowest BCUT2D eigenvalue weighted by atomic mass is 10.0. The van der Waals surface area contributed by atoms with Crippen molar-refractivity contribution < 1.29 is 0 Å². The van der Waals surface area contributed by atoms with Gasteiger partial charge in [0.15, 0.2) is 4.73 Å². The molecule has 0 bridgehead atoms. The van der Waals surface area contributed by atoms with Crippen LogP contribution in [0.25, 0.3) is 0 Å². The third-order valence-electron chi connectivity index (χ3n) is 2.73. The molecule has 1 aromatic heterocycles. The van der Waals surface area contributed by atoms with E-state index < -0.39 is 0 Å². The lowest BCUT2D eigenvalue weighted by Crippen LogP contribution is -2.03. The van der Waals surface area contributed by atoms with Gasteiger partial charge in [-0.25, -0.2) is 4.98 Å². The number of hydrogen-bond donors (Lipinski definition) is 2.